The van der Waals surface area contributed by atoms with Gasteiger partial charge in [-0.1, -0.05) is 12.8 Å². The highest BCUT2D eigenvalue weighted by atomic mass is 19.1. The van der Waals surface area contributed by atoms with Crippen LogP contribution in [0, 0.1) is 17.6 Å². The summed E-state index contributed by atoms with van der Waals surface area (Å²) in [5, 5.41) is 4.52. The molecular weight excluding hydrogens is 404 g/mol. The Morgan fingerprint density at radius 1 is 1.29 bits per heavy atom. The normalized spacial score (nSPS) is 16.1. The first kappa shape index (κ1) is 20.3. The average Bonchev–Trinajstić information content (AvgIpc) is 3.32. The zero-order valence-electron chi connectivity index (χ0n) is 20.5. The molecule has 1 aromatic heterocycles. The maximum absolute atomic E-state index is 14.2. The van der Waals surface area contributed by atoms with Crippen molar-refractivity contribution in [2.24, 2.45) is 5.92 Å². The van der Waals surface area contributed by atoms with Crippen LogP contribution in [-0.2, 0) is 24.4 Å². The Balaban J connectivity index is 1.85. The van der Waals surface area contributed by atoms with Crippen LogP contribution in [0.5, 0.6) is 5.88 Å². The highest BCUT2D eigenvalue weighted by molar-refractivity contribution is 5.67. The maximum atomic E-state index is 14.2. The maximum Gasteiger partial charge on any atom is 0.410 e. The minimum Gasteiger partial charge on any atom is -0.473 e. The molecule has 0 unspecified atom stereocenters. The Bertz CT molecular complexity index is 986. The summed E-state index contributed by atoms with van der Waals surface area (Å²) < 4.78 is 56.9. The lowest BCUT2D eigenvalue weighted by atomic mass is 10.1. The van der Waals surface area contributed by atoms with Gasteiger partial charge in [-0.05, 0) is 57.7 Å². The lowest BCUT2D eigenvalue weighted by Gasteiger charge is -2.24. The van der Waals surface area contributed by atoms with Crippen LogP contribution in [0.15, 0.2) is 24.3 Å². The van der Waals surface area contributed by atoms with E-state index >= 15 is 0 Å². The minimum atomic E-state index is -2.63. The SMILES string of the molecule is [2H]C([2H])(Oc1cc(CN(C)C(=O)OC(C)(C)C)nn1CC1CCCC1)c1cc(F)ccc1F. The summed E-state index contributed by atoms with van der Waals surface area (Å²) in [4.78, 5) is 13.7. The quantitative estimate of drug-likeness (QED) is 0.590. The highest BCUT2D eigenvalue weighted by Crippen LogP contribution is 2.28. The van der Waals surface area contributed by atoms with Crippen molar-refractivity contribution in [1.29, 1.82) is 0 Å². The molecule has 6 nitrogen and oxygen atoms in total. The largest absolute Gasteiger partial charge is 0.473 e. The molecule has 0 saturated heterocycles. The van der Waals surface area contributed by atoms with Gasteiger partial charge in [0.1, 0.15) is 23.8 Å². The van der Waals surface area contributed by atoms with E-state index in [1.807, 2.05) is 0 Å². The van der Waals surface area contributed by atoms with E-state index in [1.54, 1.807) is 32.5 Å². The van der Waals surface area contributed by atoms with E-state index in [0.717, 1.165) is 43.9 Å². The van der Waals surface area contributed by atoms with Crippen LogP contribution in [0.1, 0.15) is 60.5 Å². The van der Waals surface area contributed by atoms with Crippen molar-refractivity contribution in [3.05, 3.63) is 47.2 Å². The van der Waals surface area contributed by atoms with E-state index in [2.05, 4.69) is 5.10 Å². The molecule has 0 spiro atoms. The molecule has 2 aromatic rings. The Morgan fingerprint density at radius 3 is 2.68 bits per heavy atom. The van der Waals surface area contributed by atoms with Crippen LogP contribution in [0.3, 0.4) is 0 Å². The lowest BCUT2D eigenvalue weighted by molar-refractivity contribution is 0.0282. The molecule has 1 aliphatic carbocycles. The van der Waals surface area contributed by atoms with E-state index in [4.69, 9.17) is 12.2 Å². The molecule has 1 saturated carbocycles. The standard InChI is InChI=1S/C23H31F2N3O3/c1-23(2,3)31-22(29)27(4)14-19-12-21(28(26-19)13-16-7-5-6-8-16)30-15-17-11-18(24)9-10-20(17)25/h9-12,16H,5-8,13-15H2,1-4H3/i15D2. The van der Waals surface area contributed by atoms with E-state index in [1.165, 1.54) is 11.0 Å². The molecule has 1 heterocycles. The summed E-state index contributed by atoms with van der Waals surface area (Å²) >= 11 is 0. The van der Waals surface area contributed by atoms with E-state index < -0.39 is 35.5 Å². The third-order valence-electron chi connectivity index (χ3n) is 5.00. The summed E-state index contributed by atoms with van der Waals surface area (Å²) in [5.41, 5.74) is -0.720. The van der Waals surface area contributed by atoms with Gasteiger partial charge in [-0.3, -0.25) is 0 Å². The summed E-state index contributed by atoms with van der Waals surface area (Å²) in [5.74, 6) is -1.23. The number of carbonyl (C=O) groups excluding carboxylic acids is 1. The van der Waals surface area contributed by atoms with Crippen molar-refractivity contribution < 1.29 is 25.8 Å². The number of halogens is 2. The minimum absolute atomic E-state index is 0.0862. The molecule has 0 radical (unpaired) electrons. The predicted octanol–water partition coefficient (Wildman–Crippen LogP) is 5.30. The Labute approximate surface area is 184 Å². The number of rotatable bonds is 7. The summed E-state index contributed by atoms with van der Waals surface area (Å²) in [7, 11) is 1.58. The van der Waals surface area contributed by atoms with E-state index in [0.29, 0.717) is 18.2 Å². The molecule has 0 bridgehead atoms. The van der Waals surface area contributed by atoms with Crippen LogP contribution in [0.2, 0.25) is 0 Å². The van der Waals surface area contributed by atoms with Crippen LogP contribution in [-0.4, -0.2) is 33.4 Å². The molecule has 8 heteroatoms. The van der Waals surface area contributed by atoms with Crippen molar-refractivity contribution in [2.45, 2.75) is 71.7 Å². The zero-order valence-corrected chi connectivity index (χ0v) is 18.5. The molecule has 0 atom stereocenters. The summed E-state index contributed by atoms with van der Waals surface area (Å²) in [6, 6.07) is 4.09. The number of carbonyl (C=O) groups is 1. The molecule has 1 aromatic carbocycles. The van der Waals surface area contributed by atoms with Crippen molar-refractivity contribution in [1.82, 2.24) is 14.7 Å². The zero-order chi connectivity index (χ0) is 24.4. The first-order chi connectivity index (χ1) is 15.3. The van der Waals surface area contributed by atoms with Crippen molar-refractivity contribution in [2.75, 3.05) is 7.05 Å². The van der Waals surface area contributed by atoms with Gasteiger partial charge >= 0.3 is 6.09 Å². The molecular formula is C23H31F2N3O3. The second kappa shape index (κ2) is 9.66. The average molecular weight is 438 g/mol. The Morgan fingerprint density at radius 2 is 2.00 bits per heavy atom. The first-order valence-corrected chi connectivity index (χ1v) is 10.5. The van der Waals surface area contributed by atoms with Crippen LogP contribution >= 0.6 is 0 Å². The second-order valence-electron chi connectivity index (χ2n) is 8.97. The number of ether oxygens (including phenoxy) is 2. The predicted molar refractivity (Wildman–Crippen MR) is 113 cm³/mol. The van der Waals surface area contributed by atoms with Gasteiger partial charge in [0.15, 0.2) is 0 Å². The van der Waals surface area contributed by atoms with Gasteiger partial charge in [-0.2, -0.15) is 5.10 Å². The molecule has 3 rings (SSSR count). The van der Waals surface area contributed by atoms with Gasteiger partial charge in [-0.15, -0.1) is 0 Å². The van der Waals surface area contributed by atoms with Crippen molar-refractivity contribution >= 4 is 6.09 Å². The third kappa shape index (κ3) is 6.67. The molecule has 0 aliphatic heterocycles. The van der Waals surface area contributed by atoms with Gasteiger partial charge in [0.2, 0.25) is 5.88 Å². The van der Waals surface area contributed by atoms with Gasteiger partial charge < -0.3 is 14.4 Å². The van der Waals surface area contributed by atoms with Crippen LogP contribution in [0.25, 0.3) is 0 Å². The third-order valence-corrected chi connectivity index (χ3v) is 5.00. The second-order valence-corrected chi connectivity index (χ2v) is 8.97. The van der Waals surface area contributed by atoms with E-state index in [-0.39, 0.29) is 12.4 Å². The summed E-state index contributed by atoms with van der Waals surface area (Å²) in [6.45, 7) is 3.30. The Kier molecular flexibility index (Phi) is 6.32. The van der Waals surface area contributed by atoms with Gasteiger partial charge in [-0.25, -0.2) is 18.3 Å². The first-order valence-electron chi connectivity index (χ1n) is 11.5. The number of benzene rings is 1. The number of aromatic nitrogens is 2. The van der Waals surface area contributed by atoms with Gasteiger partial charge in [0.05, 0.1) is 15.0 Å². The molecule has 1 fully saturated rings. The fourth-order valence-corrected chi connectivity index (χ4v) is 3.51. The molecule has 1 aliphatic rings. The number of hydrogen-bond donors (Lipinski definition) is 0. The number of nitrogens with zero attached hydrogens (tertiary/aromatic N) is 3. The van der Waals surface area contributed by atoms with E-state index in [9.17, 15) is 13.6 Å². The topological polar surface area (TPSA) is 56.6 Å². The fourth-order valence-electron chi connectivity index (χ4n) is 3.51. The van der Waals surface area contributed by atoms with Crippen molar-refractivity contribution in [3.63, 3.8) is 0 Å². The molecule has 170 valence electrons. The number of amides is 1. The molecule has 1 amide bonds. The van der Waals surface area contributed by atoms with Crippen molar-refractivity contribution in [3.8, 4) is 5.88 Å². The lowest BCUT2D eigenvalue weighted by Crippen LogP contribution is -2.33. The smallest absolute Gasteiger partial charge is 0.410 e. The number of hydrogen-bond acceptors (Lipinski definition) is 4. The Hall–Kier alpha value is -2.64. The molecule has 0 N–H and O–H groups in total. The monoisotopic (exact) mass is 437 g/mol. The summed E-state index contributed by atoms with van der Waals surface area (Å²) in [6.07, 6.45) is 3.76. The van der Waals surface area contributed by atoms with Gasteiger partial charge in [0.25, 0.3) is 0 Å². The van der Waals surface area contributed by atoms with Crippen LogP contribution in [0.4, 0.5) is 13.6 Å². The highest BCUT2D eigenvalue weighted by Gasteiger charge is 2.23. The molecule has 31 heavy (non-hydrogen) atoms. The van der Waals surface area contributed by atoms with Gasteiger partial charge in [0, 0.05) is 25.2 Å². The fraction of sp³-hybridized carbons (Fsp3) is 0.565. The van der Waals surface area contributed by atoms with Crippen LogP contribution < -0.4 is 4.74 Å².